The number of carbonyl (C=O) groups is 1. The Hall–Kier alpha value is -1.95. The standard InChI is InChI=1S/C22H27Cl2N3O2/c1-4-26-9-11-27(12-10-26)20-7-6-18(13-15(20)2)25-22(28)16(3)29-21-8-5-17(23)14-19(21)24/h5-8,13-14,16H,4,9-12H2,1-3H3,(H,25,28). The lowest BCUT2D eigenvalue weighted by atomic mass is 10.1. The van der Waals surface area contributed by atoms with E-state index in [2.05, 4.69) is 35.0 Å². The molecule has 3 rings (SSSR count). The number of aryl methyl sites for hydroxylation is 1. The molecule has 156 valence electrons. The summed E-state index contributed by atoms with van der Waals surface area (Å²) in [6.07, 6.45) is -0.698. The van der Waals surface area contributed by atoms with E-state index >= 15 is 0 Å². The fraction of sp³-hybridized carbons (Fsp3) is 0.409. The number of piperazine rings is 1. The molecule has 0 spiro atoms. The normalized spacial score (nSPS) is 15.8. The van der Waals surface area contributed by atoms with Crippen LogP contribution in [0.25, 0.3) is 0 Å². The quantitative estimate of drug-likeness (QED) is 0.703. The SMILES string of the molecule is CCN1CCN(c2ccc(NC(=O)C(C)Oc3ccc(Cl)cc3Cl)cc2C)CC1. The molecule has 2 aromatic carbocycles. The molecule has 1 N–H and O–H groups in total. The Balaban J connectivity index is 1.61. The Morgan fingerprint density at radius 3 is 2.48 bits per heavy atom. The summed E-state index contributed by atoms with van der Waals surface area (Å²) in [5.41, 5.74) is 3.11. The third kappa shape index (κ3) is 5.56. The molecule has 1 saturated heterocycles. The highest BCUT2D eigenvalue weighted by molar-refractivity contribution is 6.35. The van der Waals surface area contributed by atoms with Crippen LogP contribution in [-0.4, -0.2) is 49.6 Å². The van der Waals surface area contributed by atoms with Gasteiger partial charge in [-0.1, -0.05) is 30.1 Å². The number of carbonyl (C=O) groups excluding carboxylic acids is 1. The molecule has 0 aliphatic carbocycles. The number of amides is 1. The van der Waals surface area contributed by atoms with Crippen LogP contribution in [0.5, 0.6) is 5.75 Å². The van der Waals surface area contributed by atoms with E-state index in [1.54, 1.807) is 25.1 Å². The molecule has 0 saturated carbocycles. The molecule has 1 heterocycles. The van der Waals surface area contributed by atoms with Crippen molar-refractivity contribution in [1.29, 1.82) is 0 Å². The summed E-state index contributed by atoms with van der Waals surface area (Å²) in [5, 5.41) is 3.82. The van der Waals surface area contributed by atoms with Crippen molar-refractivity contribution < 1.29 is 9.53 Å². The number of hydrogen-bond donors (Lipinski definition) is 1. The van der Waals surface area contributed by atoms with E-state index in [1.807, 2.05) is 12.1 Å². The van der Waals surface area contributed by atoms with Crippen LogP contribution in [0, 0.1) is 6.92 Å². The first-order chi connectivity index (χ1) is 13.9. The summed E-state index contributed by atoms with van der Waals surface area (Å²) in [7, 11) is 0. The lowest BCUT2D eigenvalue weighted by molar-refractivity contribution is -0.122. The second kappa shape index (κ2) is 9.70. The minimum absolute atomic E-state index is 0.236. The summed E-state index contributed by atoms with van der Waals surface area (Å²) in [5.74, 6) is 0.191. The number of likely N-dealkylation sites (N-methyl/N-ethyl adjacent to an activating group) is 1. The van der Waals surface area contributed by atoms with Crippen LogP contribution >= 0.6 is 23.2 Å². The van der Waals surface area contributed by atoms with Crippen molar-refractivity contribution in [1.82, 2.24) is 4.90 Å². The number of halogens is 2. The first-order valence-electron chi connectivity index (χ1n) is 9.88. The van der Waals surface area contributed by atoms with Crippen molar-refractivity contribution >= 4 is 40.5 Å². The molecule has 2 aromatic rings. The molecule has 1 amide bonds. The average molecular weight is 436 g/mol. The average Bonchev–Trinajstić information content (AvgIpc) is 2.70. The van der Waals surface area contributed by atoms with E-state index in [0.717, 1.165) is 44.0 Å². The van der Waals surface area contributed by atoms with Crippen LogP contribution in [0.1, 0.15) is 19.4 Å². The van der Waals surface area contributed by atoms with Crippen molar-refractivity contribution in [2.24, 2.45) is 0 Å². The summed E-state index contributed by atoms with van der Waals surface area (Å²) < 4.78 is 5.69. The second-order valence-electron chi connectivity index (χ2n) is 7.25. The zero-order valence-electron chi connectivity index (χ0n) is 17.0. The summed E-state index contributed by atoms with van der Waals surface area (Å²) >= 11 is 12.0. The minimum atomic E-state index is -0.698. The predicted molar refractivity (Wildman–Crippen MR) is 121 cm³/mol. The van der Waals surface area contributed by atoms with Crippen molar-refractivity contribution in [2.45, 2.75) is 26.9 Å². The Bertz CT molecular complexity index is 867. The largest absolute Gasteiger partial charge is 0.479 e. The van der Waals surface area contributed by atoms with Gasteiger partial charge in [0, 0.05) is 42.6 Å². The molecular formula is C22H27Cl2N3O2. The van der Waals surface area contributed by atoms with Crippen molar-refractivity contribution in [2.75, 3.05) is 42.9 Å². The zero-order chi connectivity index (χ0) is 21.0. The van der Waals surface area contributed by atoms with Gasteiger partial charge in [-0.25, -0.2) is 0 Å². The number of anilines is 2. The van der Waals surface area contributed by atoms with Gasteiger partial charge in [-0.3, -0.25) is 4.79 Å². The molecule has 29 heavy (non-hydrogen) atoms. The lowest BCUT2D eigenvalue weighted by Crippen LogP contribution is -2.46. The molecule has 1 aliphatic heterocycles. The number of nitrogens with zero attached hydrogens (tertiary/aromatic N) is 2. The van der Waals surface area contributed by atoms with Gasteiger partial charge in [0.1, 0.15) is 5.75 Å². The predicted octanol–water partition coefficient (Wildman–Crippen LogP) is 4.85. The molecule has 0 radical (unpaired) electrons. The third-order valence-corrected chi connectivity index (χ3v) is 5.72. The Kier molecular flexibility index (Phi) is 7.28. The fourth-order valence-electron chi connectivity index (χ4n) is 3.45. The van der Waals surface area contributed by atoms with Gasteiger partial charge in [0.2, 0.25) is 0 Å². The van der Waals surface area contributed by atoms with E-state index in [0.29, 0.717) is 15.8 Å². The van der Waals surface area contributed by atoms with Crippen LogP contribution in [0.3, 0.4) is 0 Å². The van der Waals surface area contributed by atoms with E-state index in [-0.39, 0.29) is 5.91 Å². The van der Waals surface area contributed by atoms with Crippen LogP contribution in [-0.2, 0) is 4.79 Å². The van der Waals surface area contributed by atoms with Crippen LogP contribution in [0.4, 0.5) is 11.4 Å². The van der Waals surface area contributed by atoms with Gasteiger partial charge in [-0.2, -0.15) is 0 Å². The maximum Gasteiger partial charge on any atom is 0.265 e. The summed E-state index contributed by atoms with van der Waals surface area (Å²) in [6.45, 7) is 11.3. The van der Waals surface area contributed by atoms with Gasteiger partial charge in [-0.05, 0) is 62.4 Å². The van der Waals surface area contributed by atoms with E-state index in [9.17, 15) is 4.79 Å². The molecular weight excluding hydrogens is 409 g/mol. The zero-order valence-corrected chi connectivity index (χ0v) is 18.6. The summed E-state index contributed by atoms with van der Waals surface area (Å²) in [6, 6.07) is 10.9. The maximum absolute atomic E-state index is 12.5. The minimum Gasteiger partial charge on any atom is -0.479 e. The number of benzene rings is 2. The molecule has 1 fully saturated rings. The Morgan fingerprint density at radius 2 is 1.86 bits per heavy atom. The highest BCUT2D eigenvalue weighted by atomic mass is 35.5. The number of nitrogens with one attached hydrogen (secondary N) is 1. The van der Waals surface area contributed by atoms with Gasteiger partial charge in [0.25, 0.3) is 5.91 Å². The molecule has 0 bridgehead atoms. The maximum atomic E-state index is 12.5. The van der Waals surface area contributed by atoms with E-state index < -0.39 is 6.10 Å². The fourth-order valence-corrected chi connectivity index (χ4v) is 3.90. The Morgan fingerprint density at radius 1 is 1.14 bits per heavy atom. The van der Waals surface area contributed by atoms with Crippen molar-refractivity contribution in [3.05, 3.63) is 52.0 Å². The van der Waals surface area contributed by atoms with Gasteiger partial charge in [0.05, 0.1) is 5.02 Å². The first kappa shape index (κ1) is 21.8. The van der Waals surface area contributed by atoms with Gasteiger partial charge >= 0.3 is 0 Å². The first-order valence-corrected chi connectivity index (χ1v) is 10.6. The number of rotatable bonds is 6. The van der Waals surface area contributed by atoms with Gasteiger partial charge in [0.15, 0.2) is 6.10 Å². The molecule has 5 nitrogen and oxygen atoms in total. The van der Waals surface area contributed by atoms with Crippen molar-refractivity contribution in [3.63, 3.8) is 0 Å². The molecule has 0 aromatic heterocycles. The molecule has 1 unspecified atom stereocenters. The van der Waals surface area contributed by atoms with Crippen molar-refractivity contribution in [3.8, 4) is 5.75 Å². The Labute approximate surface area is 182 Å². The van der Waals surface area contributed by atoms with E-state index in [4.69, 9.17) is 27.9 Å². The second-order valence-corrected chi connectivity index (χ2v) is 8.09. The van der Waals surface area contributed by atoms with Crippen LogP contribution in [0.2, 0.25) is 10.0 Å². The monoisotopic (exact) mass is 435 g/mol. The molecule has 1 aliphatic rings. The topological polar surface area (TPSA) is 44.8 Å². The molecule has 1 atom stereocenters. The van der Waals surface area contributed by atoms with E-state index in [1.165, 1.54) is 5.69 Å². The van der Waals surface area contributed by atoms with Gasteiger partial charge in [-0.15, -0.1) is 0 Å². The smallest absolute Gasteiger partial charge is 0.265 e. The highest BCUT2D eigenvalue weighted by Gasteiger charge is 2.19. The number of hydrogen-bond acceptors (Lipinski definition) is 4. The highest BCUT2D eigenvalue weighted by Crippen LogP contribution is 2.29. The summed E-state index contributed by atoms with van der Waals surface area (Å²) in [4.78, 5) is 17.4. The molecule has 7 heteroatoms. The third-order valence-electron chi connectivity index (χ3n) is 5.19. The van der Waals surface area contributed by atoms with Gasteiger partial charge < -0.3 is 19.9 Å². The van der Waals surface area contributed by atoms with Crippen LogP contribution in [0.15, 0.2) is 36.4 Å². The van der Waals surface area contributed by atoms with Crippen LogP contribution < -0.4 is 15.0 Å². The lowest BCUT2D eigenvalue weighted by Gasteiger charge is -2.36. The number of ether oxygens (including phenoxy) is 1.